The molecule has 5 nitrogen and oxygen atoms in total. The molecule has 0 amide bonds. The van der Waals surface area contributed by atoms with Gasteiger partial charge in [0.2, 0.25) is 0 Å². The Labute approximate surface area is 120 Å². The second kappa shape index (κ2) is 7.43. The predicted molar refractivity (Wildman–Crippen MR) is 77.3 cm³/mol. The van der Waals surface area contributed by atoms with Gasteiger partial charge in [0.25, 0.3) is 0 Å². The third-order valence-corrected chi connectivity index (χ3v) is 4.08. The average molecular weight is 279 g/mol. The molecular formula is C15H25N3O2. The molecule has 1 saturated carbocycles. The van der Waals surface area contributed by atoms with E-state index in [9.17, 15) is 4.79 Å². The van der Waals surface area contributed by atoms with E-state index in [0.717, 1.165) is 25.1 Å². The van der Waals surface area contributed by atoms with E-state index in [0.29, 0.717) is 6.04 Å². The van der Waals surface area contributed by atoms with Crippen LogP contribution in [-0.4, -0.2) is 28.7 Å². The molecule has 0 aliphatic heterocycles. The van der Waals surface area contributed by atoms with Crippen LogP contribution in [0.5, 0.6) is 0 Å². The normalized spacial score (nSPS) is 18.5. The van der Waals surface area contributed by atoms with E-state index in [2.05, 4.69) is 10.3 Å². The van der Waals surface area contributed by atoms with Crippen molar-refractivity contribution in [3.05, 3.63) is 18.2 Å². The Hall–Kier alpha value is -1.36. The third kappa shape index (κ3) is 3.60. The maximum atomic E-state index is 12.1. The Morgan fingerprint density at radius 3 is 2.75 bits per heavy atom. The van der Waals surface area contributed by atoms with Crippen LogP contribution >= 0.6 is 0 Å². The van der Waals surface area contributed by atoms with Crippen LogP contribution in [0.25, 0.3) is 0 Å². The van der Waals surface area contributed by atoms with Crippen LogP contribution in [0.2, 0.25) is 0 Å². The van der Waals surface area contributed by atoms with Crippen LogP contribution in [0.1, 0.15) is 57.2 Å². The zero-order valence-corrected chi connectivity index (χ0v) is 12.5. The van der Waals surface area contributed by atoms with E-state index >= 15 is 0 Å². The van der Waals surface area contributed by atoms with Crippen molar-refractivity contribution in [2.45, 2.75) is 64.1 Å². The molecule has 112 valence electrons. The van der Waals surface area contributed by atoms with Gasteiger partial charge in [0.05, 0.1) is 25.3 Å². The van der Waals surface area contributed by atoms with Gasteiger partial charge in [-0.25, -0.2) is 9.78 Å². The number of hydrogen-bond donors (Lipinski definition) is 1. The van der Waals surface area contributed by atoms with E-state index < -0.39 is 6.04 Å². The van der Waals surface area contributed by atoms with Crippen molar-refractivity contribution in [3.63, 3.8) is 0 Å². The molecule has 5 heteroatoms. The number of methoxy groups -OCH3 is 1. The SMILES string of the molecule is CCn1cncc1C(NC1CCCCCC1)C(=O)OC. The van der Waals surface area contributed by atoms with E-state index in [1.165, 1.54) is 32.8 Å². The van der Waals surface area contributed by atoms with Gasteiger partial charge >= 0.3 is 5.97 Å². The summed E-state index contributed by atoms with van der Waals surface area (Å²) >= 11 is 0. The maximum Gasteiger partial charge on any atom is 0.329 e. The first kappa shape index (κ1) is 15.0. The van der Waals surface area contributed by atoms with E-state index in [4.69, 9.17) is 4.74 Å². The highest BCUT2D eigenvalue weighted by Gasteiger charge is 2.27. The molecule has 0 radical (unpaired) electrons. The molecule has 1 heterocycles. The minimum absolute atomic E-state index is 0.232. The molecule has 20 heavy (non-hydrogen) atoms. The number of ether oxygens (including phenoxy) is 1. The zero-order valence-electron chi connectivity index (χ0n) is 12.5. The molecule has 1 N–H and O–H groups in total. The molecule has 1 aliphatic carbocycles. The van der Waals surface area contributed by atoms with Crippen molar-refractivity contribution in [3.8, 4) is 0 Å². The maximum absolute atomic E-state index is 12.1. The summed E-state index contributed by atoms with van der Waals surface area (Å²) in [6.07, 6.45) is 10.9. The van der Waals surface area contributed by atoms with Crippen LogP contribution in [0.3, 0.4) is 0 Å². The Balaban J connectivity index is 2.13. The Kier molecular flexibility index (Phi) is 5.59. The van der Waals surface area contributed by atoms with Gasteiger partial charge < -0.3 is 9.30 Å². The fourth-order valence-electron chi connectivity index (χ4n) is 2.91. The number of rotatable bonds is 5. The van der Waals surface area contributed by atoms with Crippen LogP contribution in [0.15, 0.2) is 12.5 Å². The highest BCUT2D eigenvalue weighted by molar-refractivity contribution is 5.77. The predicted octanol–water partition coefficient (Wildman–Crippen LogP) is 2.43. The number of nitrogens with zero attached hydrogens (tertiary/aromatic N) is 2. The fraction of sp³-hybridized carbons (Fsp3) is 0.733. The number of aromatic nitrogens is 2. The number of nitrogens with one attached hydrogen (secondary N) is 1. The molecule has 1 fully saturated rings. The molecule has 2 rings (SSSR count). The zero-order chi connectivity index (χ0) is 14.4. The van der Waals surface area contributed by atoms with Gasteiger partial charge in [0.15, 0.2) is 0 Å². The number of carbonyl (C=O) groups excluding carboxylic acids is 1. The molecular weight excluding hydrogens is 254 g/mol. The van der Waals surface area contributed by atoms with Crippen LogP contribution in [-0.2, 0) is 16.1 Å². The summed E-state index contributed by atoms with van der Waals surface area (Å²) in [7, 11) is 1.44. The van der Waals surface area contributed by atoms with Crippen molar-refractivity contribution >= 4 is 5.97 Å². The Morgan fingerprint density at radius 2 is 2.15 bits per heavy atom. The Morgan fingerprint density at radius 1 is 1.45 bits per heavy atom. The first-order valence-electron chi connectivity index (χ1n) is 7.60. The standard InChI is InChI=1S/C15H25N3O2/c1-3-18-11-16-10-13(18)14(15(19)20-2)17-12-8-6-4-5-7-9-12/h10-12,14,17H,3-9H2,1-2H3. The van der Waals surface area contributed by atoms with E-state index in [1.807, 2.05) is 11.5 Å². The molecule has 1 atom stereocenters. The van der Waals surface area contributed by atoms with E-state index in [-0.39, 0.29) is 5.97 Å². The first-order valence-corrected chi connectivity index (χ1v) is 7.60. The quantitative estimate of drug-likeness (QED) is 0.664. The summed E-state index contributed by atoms with van der Waals surface area (Å²) in [5.41, 5.74) is 0.892. The molecule has 1 aromatic heterocycles. The van der Waals surface area contributed by atoms with Crippen molar-refractivity contribution in [1.29, 1.82) is 0 Å². The third-order valence-electron chi connectivity index (χ3n) is 4.08. The average Bonchev–Trinajstić information content (AvgIpc) is 2.79. The molecule has 0 saturated heterocycles. The second-order valence-corrected chi connectivity index (χ2v) is 5.42. The molecule has 1 aromatic rings. The van der Waals surface area contributed by atoms with Crippen LogP contribution in [0, 0.1) is 0 Å². The molecule has 1 unspecified atom stereocenters. The number of carbonyl (C=O) groups is 1. The lowest BCUT2D eigenvalue weighted by atomic mass is 10.1. The number of aryl methyl sites for hydroxylation is 1. The fourth-order valence-corrected chi connectivity index (χ4v) is 2.91. The summed E-state index contributed by atoms with van der Waals surface area (Å²) in [6.45, 7) is 2.85. The van der Waals surface area contributed by atoms with Gasteiger partial charge in [-0.05, 0) is 19.8 Å². The minimum Gasteiger partial charge on any atom is -0.468 e. The lowest BCUT2D eigenvalue weighted by molar-refractivity contribution is -0.143. The summed E-state index contributed by atoms with van der Waals surface area (Å²) in [5.74, 6) is -0.232. The lowest BCUT2D eigenvalue weighted by Gasteiger charge is -2.23. The summed E-state index contributed by atoms with van der Waals surface area (Å²) in [5, 5.41) is 3.49. The van der Waals surface area contributed by atoms with Gasteiger partial charge in [-0.2, -0.15) is 0 Å². The van der Waals surface area contributed by atoms with Crippen LogP contribution in [0.4, 0.5) is 0 Å². The van der Waals surface area contributed by atoms with Gasteiger partial charge in [0.1, 0.15) is 6.04 Å². The van der Waals surface area contributed by atoms with Crippen molar-refractivity contribution in [2.75, 3.05) is 7.11 Å². The number of hydrogen-bond acceptors (Lipinski definition) is 4. The first-order chi connectivity index (χ1) is 9.76. The Bertz CT molecular complexity index is 423. The highest BCUT2D eigenvalue weighted by Crippen LogP contribution is 2.22. The van der Waals surface area contributed by atoms with Crippen molar-refractivity contribution in [2.24, 2.45) is 0 Å². The van der Waals surface area contributed by atoms with Crippen molar-refractivity contribution < 1.29 is 9.53 Å². The van der Waals surface area contributed by atoms with Gasteiger partial charge in [-0.3, -0.25) is 5.32 Å². The topological polar surface area (TPSA) is 56.2 Å². The molecule has 0 aromatic carbocycles. The van der Waals surface area contributed by atoms with E-state index in [1.54, 1.807) is 12.5 Å². The minimum atomic E-state index is -0.412. The number of esters is 1. The summed E-state index contributed by atoms with van der Waals surface area (Å²) < 4.78 is 6.96. The molecule has 0 spiro atoms. The lowest BCUT2D eigenvalue weighted by Crippen LogP contribution is -2.38. The molecule has 1 aliphatic rings. The van der Waals surface area contributed by atoms with Gasteiger partial charge in [-0.15, -0.1) is 0 Å². The van der Waals surface area contributed by atoms with Crippen LogP contribution < -0.4 is 5.32 Å². The highest BCUT2D eigenvalue weighted by atomic mass is 16.5. The molecule has 0 bridgehead atoms. The second-order valence-electron chi connectivity index (χ2n) is 5.42. The van der Waals surface area contributed by atoms with Gasteiger partial charge in [0, 0.05) is 12.6 Å². The van der Waals surface area contributed by atoms with Gasteiger partial charge in [-0.1, -0.05) is 25.7 Å². The van der Waals surface area contributed by atoms with Crippen molar-refractivity contribution in [1.82, 2.24) is 14.9 Å². The monoisotopic (exact) mass is 279 g/mol. The largest absolute Gasteiger partial charge is 0.468 e. The summed E-state index contributed by atoms with van der Waals surface area (Å²) in [4.78, 5) is 16.3. The smallest absolute Gasteiger partial charge is 0.329 e. The summed E-state index contributed by atoms with van der Waals surface area (Å²) in [6, 6.07) is -0.0210. The number of imidazole rings is 1.